The van der Waals surface area contributed by atoms with Gasteiger partial charge in [0.2, 0.25) is 5.91 Å². The smallest absolute Gasteiger partial charge is 0.294 e. The molecule has 1 N–H and O–H groups in total. The minimum absolute atomic E-state index is 0.00973. The van der Waals surface area contributed by atoms with Crippen LogP contribution in [-0.4, -0.2) is 33.4 Å². The van der Waals surface area contributed by atoms with E-state index < -0.39 is 28.5 Å². The van der Waals surface area contributed by atoms with Crippen molar-refractivity contribution in [2.75, 3.05) is 11.9 Å². The molecule has 0 radical (unpaired) electrons. The fraction of sp³-hybridized carbons (Fsp3) is 0.0870. The molecule has 2 heterocycles. The first-order valence-corrected chi connectivity index (χ1v) is 10.6. The first kappa shape index (κ1) is 22.0. The number of carbonyl (C=O) groups is 3. The molecule has 0 bridgehead atoms. The Balaban J connectivity index is 1.47. The molecule has 33 heavy (non-hydrogen) atoms. The number of nitrogens with one attached hydrogen (secondary N) is 1. The average molecular weight is 463 g/mol. The van der Waals surface area contributed by atoms with Crippen molar-refractivity contribution in [3.05, 3.63) is 87.0 Å². The molecule has 2 aromatic carbocycles. The first-order chi connectivity index (χ1) is 15.8. The average Bonchev–Trinajstić information content (AvgIpc) is 3.34. The van der Waals surface area contributed by atoms with Crippen LogP contribution in [0.4, 0.5) is 16.2 Å². The van der Waals surface area contributed by atoms with Gasteiger partial charge in [-0.1, -0.05) is 18.2 Å². The fourth-order valence-corrected chi connectivity index (χ4v) is 4.05. The number of thioether (sulfide) groups is 1. The van der Waals surface area contributed by atoms with Gasteiger partial charge in [-0.3, -0.25) is 29.4 Å². The summed E-state index contributed by atoms with van der Waals surface area (Å²) in [6.07, 6.45) is 1.43. The molecule has 10 heteroatoms. The molecule has 0 aliphatic carbocycles. The summed E-state index contributed by atoms with van der Waals surface area (Å²) >= 11 is 0.721. The van der Waals surface area contributed by atoms with Crippen molar-refractivity contribution in [3.8, 4) is 11.3 Å². The summed E-state index contributed by atoms with van der Waals surface area (Å²) in [4.78, 5) is 48.7. The van der Waals surface area contributed by atoms with Gasteiger partial charge in [-0.05, 0) is 55.1 Å². The SMILES string of the molecule is Cc1cc(-c2ccc(/C=C3\SC(=O)N(CC(=O)Nc4ccccc4)C3=O)o2)ccc1[N+](=O)[O-]. The quantitative estimate of drug-likeness (QED) is 0.315. The predicted molar refractivity (Wildman–Crippen MR) is 123 cm³/mol. The van der Waals surface area contributed by atoms with E-state index in [9.17, 15) is 24.5 Å². The van der Waals surface area contributed by atoms with Gasteiger partial charge in [0.05, 0.1) is 9.83 Å². The van der Waals surface area contributed by atoms with E-state index in [-0.39, 0.29) is 10.6 Å². The van der Waals surface area contributed by atoms with Gasteiger partial charge in [-0.2, -0.15) is 0 Å². The molecule has 1 fully saturated rings. The van der Waals surface area contributed by atoms with Crippen molar-refractivity contribution in [2.24, 2.45) is 0 Å². The molecule has 1 aromatic heterocycles. The largest absolute Gasteiger partial charge is 0.457 e. The maximum atomic E-state index is 12.7. The third-order valence-electron chi connectivity index (χ3n) is 4.81. The molecule has 3 aromatic rings. The highest BCUT2D eigenvalue weighted by atomic mass is 32.2. The van der Waals surface area contributed by atoms with Crippen LogP contribution in [0.1, 0.15) is 11.3 Å². The van der Waals surface area contributed by atoms with Crippen LogP contribution in [0.25, 0.3) is 17.4 Å². The van der Waals surface area contributed by atoms with E-state index in [0.717, 1.165) is 16.7 Å². The molecule has 1 aliphatic heterocycles. The normalized spacial score (nSPS) is 14.7. The van der Waals surface area contributed by atoms with Crippen molar-refractivity contribution in [1.82, 2.24) is 4.90 Å². The van der Waals surface area contributed by atoms with Gasteiger partial charge in [-0.25, -0.2) is 0 Å². The highest BCUT2D eigenvalue weighted by molar-refractivity contribution is 8.18. The number of hydrogen-bond donors (Lipinski definition) is 1. The first-order valence-electron chi connectivity index (χ1n) is 9.77. The monoisotopic (exact) mass is 463 g/mol. The van der Waals surface area contributed by atoms with Crippen LogP contribution >= 0.6 is 11.8 Å². The standard InChI is InChI=1S/C23H17N3O6S/c1-14-11-15(7-9-18(14)26(30)31)19-10-8-17(32-19)12-20-22(28)25(23(29)33-20)13-21(27)24-16-5-3-2-4-6-16/h2-12H,13H2,1H3,(H,24,27)/b20-12-. The van der Waals surface area contributed by atoms with Crippen molar-refractivity contribution in [3.63, 3.8) is 0 Å². The summed E-state index contributed by atoms with van der Waals surface area (Å²) in [6, 6.07) is 16.6. The van der Waals surface area contributed by atoms with Gasteiger partial charge in [-0.15, -0.1) is 0 Å². The Labute approximate surface area is 192 Å². The summed E-state index contributed by atoms with van der Waals surface area (Å²) in [7, 11) is 0. The number of nitro benzene ring substituents is 1. The Kier molecular flexibility index (Phi) is 6.09. The molecule has 1 saturated heterocycles. The number of para-hydroxylation sites is 1. The Bertz CT molecular complexity index is 1300. The molecule has 0 saturated carbocycles. The van der Waals surface area contributed by atoms with Crippen LogP contribution in [0.5, 0.6) is 0 Å². The summed E-state index contributed by atoms with van der Waals surface area (Å²) in [6.45, 7) is 1.23. The van der Waals surface area contributed by atoms with Gasteiger partial charge in [0.25, 0.3) is 16.8 Å². The Hall–Kier alpha value is -4.18. The molecule has 166 valence electrons. The lowest BCUT2D eigenvalue weighted by atomic mass is 10.1. The number of carbonyl (C=O) groups excluding carboxylic acids is 3. The number of benzene rings is 2. The number of anilines is 1. The van der Waals surface area contributed by atoms with Crippen molar-refractivity contribution in [1.29, 1.82) is 0 Å². The lowest BCUT2D eigenvalue weighted by Gasteiger charge is -2.12. The van der Waals surface area contributed by atoms with Crippen LogP contribution < -0.4 is 5.32 Å². The van der Waals surface area contributed by atoms with Gasteiger partial charge >= 0.3 is 0 Å². The van der Waals surface area contributed by atoms with Crippen molar-refractivity contribution >= 4 is 46.3 Å². The second-order valence-electron chi connectivity index (χ2n) is 7.14. The summed E-state index contributed by atoms with van der Waals surface area (Å²) < 4.78 is 5.74. The minimum atomic E-state index is -0.586. The molecule has 4 rings (SSSR count). The van der Waals surface area contributed by atoms with Gasteiger partial charge in [0.1, 0.15) is 18.1 Å². The zero-order chi connectivity index (χ0) is 23.5. The summed E-state index contributed by atoms with van der Waals surface area (Å²) in [5.41, 5.74) is 1.71. The molecule has 0 atom stereocenters. The van der Waals surface area contributed by atoms with E-state index in [1.807, 2.05) is 0 Å². The second kappa shape index (κ2) is 9.13. The number of hydrogen-bond acceptors (Lipinski definition) is 7. The van der Waals surface area contributed by atoms with Gasteiger partial charge in [0.15, 0.2) is 0 Å². The highest BCUT2D eigenvalue weighted by Crippen LogP contribution is 2.34. The van der Waals surface area contributed by atoms with E-state index in [0.29, 0.717) is 28.3 Å². The zero-order valence-corrected chi connectivity index (χ0v) is 18.1. The third kappa shape index (κ3) is 4.85. The van der Waals surface area contributed by atoms with Crippen LogP contribution in [0.15, 0.2) is 70.0 Å². The van der Waals surface area contributed by atoms with Gasteiger partial charge < -0.3 is 9.73 Å². The Morgan fingerprint density at radius 2 is 1.91 bits per heavy atom. The maximum Gasteiger partial charge on any atom is 0.294 e. The predicted octanol–water partition coefficient (Wildman–Crippen LogP) is 4.84. The lowest BCUT2D eigenvalue weighted by Crippen LogP contribution is -2.36. The second-order valence-corrected chi connectivity index (χ2v) is 8.14. The van der Waals surface area contributed by atoms with E-state index >= 15 is 0 Å². The molecule has 0 spiro atoms. The van der Waals surface area contributed by atoms with Crippen molar-refractivity contribution in [2.45, 2.75) is 6.92 Å². The van der Waals surface area contributed by atoms with Crippen LogP contribution in [0, 0.1) is 17.0 Å². The molecule has 3 amide bonds. The third-order valence-corrected chi connectivity index (χ3v) is 5.72. The number of nitrogens with zero attached hydrogens (tertiary/aromatic N) is 2. The van der Waals surface area contributed by atoms with E-state index in [1.165, 1.54) is 12.1 Å². The van der Waals surface area contributed by atoms with E-state index in [2.05, 4.69) is 5.32 Å². The fourth-order valence-electron chi connectivity index (χ4n) is 3.23. The van der Waals surface area contributed by atoms with E-state index in [4.69, 9.17) is 4.42 Å². The highest BCUT2D eigenvalue weighted by Gasteiger charge is 2.36. The van der Waals surface area contributed by atoms with Crippen LogP contribution in [-0.2, 0) is 9.59 Å². The molecule has 1 aliphatic rings. The van der Waals surface area contributed by atoms with Gasteiger partial charge in [0, 0.05) is 29.0 Å². The number of furan rings is 1. The Morgan fingerprint density at radius 3 is 2.61 bits per heavy atom. The number of imide groups is 1. The minimum Gasteiger partial charge on any atom is -0.457 e. The lowest BCUT2D eigenvalue weighted by molar-refractivity contribution is -0.385. The molecule has 0 unspecified atom stereocenters. The molecular formula is C23H17N3O6S. The Morgan fingerprint density at radius 1 is 1.15 bits per heavy atom. The summed E-state index contributed by atoms with van der Waals surface area (Å²) in [5, 5.41) is 13.1. The number of nitro groups is 1. The molecule has 9 nitrogen and oxygen atoms in total. The van der Waals surface area contributed by atoms with Crippen LogP contribution in [0.2, 0.25) is 0 Å². The van der Waals surface area contributed by atoms with Crippen molar-refractivity contribution < 1.29 is 23.7 Å². The zero-order valence-electron chi connectivity index (χ0n) is 17.3. The summed E-state index contributed by atoms with van der Waals surface area (Å²) in [5.74, 6) is -0.281. The van der Waals surface area contributed by atoms with E-state index in [1.54, 1.807) is 61.5 Å². The number of rotatable bonds is 6. The topological polar surface area (TPSA) is 123 Å². The number of amides is 3. The molecular weight excluding hydrogens is 446 g/mol. The number of aryl methyl sites for hydroxylation is 1. The van der Waals surface area contributed by atoms with Crippen LogP contribution in [0.3, 0.4) is 0 Å². The maximum absolute atomic E-state index is 12.7.